The summed E-state index contributed by atoms with van der Waals surface area (Å²) >= 11 is 0. The molecule has 6 nitrogen and oxygen atoms in total. The highest BCUT2D eigenvalue weighted by atomic mass is 16.2. The third kappa shape index (κ3) is 3.00. The summed E-state index contributed by atoms with van der Waals surface area (Å²) in [5.41, 5.74) is 4.46. The Morgan fingerprint density at radius 1 is 1.17 bits per heavy atom. The number of piperidine rings is 1. The molecule has 1 unspecified atom stereocenters. The Morgan fingerprint density at radius 2 is 1.93 bits per heavy atom. The number of benzene rings is 1. The molecule has 6 heteroatoms. The summed E-state index contributed by atoms with van der Waals surface area (Å²) in [4.78, 5) is 38.2. The molecule has 1 spiro atoms. The topological polar surface area (TPSA) is 69.3 Å². The molecule has 1 saturated heterocycles. The van der Waals surface area contributed by atoms with Gasteiger partial charge in [-0.25, -0.2) is 4.98 Å². The number of amides is 1. The van der Waals surface area contributed by atoms with Gasteiger partial charge in [0.1, 0.15) is 5.82 Å². The van der Waals surface area contributed by atoms with E-state index in [2.05, 4.69) is 34.1 Å². The van der Waals surface area contributed by atoms with Crippen LogP contribution in [-0.4, -0.2) is 45.3 Å². The molecule has 2 aromatic rings. The lowest BCUT2D eigenvalue weighted by molar-refractivity contribution is -0.134. The van der Waals surface area contributed by atoms with Gasteiger partial charge < -0.3 is 9.88 Å². The Bertz CT molecular complexity index is 1050. The van der Waals surface area contributed by atoms with Crippen molar-refractivity contribution in [3.05, 3.63) is 62.8 Å². The summed E-state index contributed by atoms with van der Waals surface area (Å²) in [6.07, 6.45) is 5.98. The SMILES string of the molecule is O=C(CN1Cc2ccccc2C1)N1CCCC2(CCc3c2nc(C2CC2)[nH]c3=O)C1. The molecule has 0 radical (unpaired) electrons. The summed E-state index contributed by atoms with van der Waals surface area (Å²) in [6.45, 7) is 3.69. The second-order valence-corrected chi connectivity index (χ2v) is 9.67. The molecular weight excluding hydrogens is 376 g/mol. The van der Waals surface area contributed by atoms with Crippen LogP contribution in [0.1, 0.15) is 66.2 Å². The van der Waals surface area contributed by atoms with Crippen LogP contribution in [0.25, 0.3) is 0 Å². The predicted octanol–water partition coefficient (Wildman–Crippen LogP) is 2.47. The van der Waals surface area contributed by atoms with E-state index in [4.69, 9.17) is 4.98 Å². The standard InChI is InChI=1S/C24H28N4O2/c29-20(14-27-12-17-4-1-2-5-18(17)13-27)28-11-3-9-24(15-28)10-8-19-21(24)25-22(16-6-7-16)26-23(19)30/h1-2,4-5,16H,3,6-15H2,(H,25,26,30). The summed E-state index contributed by atoms with van der Waals surface area (Å²) < 4.78 is 0. The fourth-order valence-electron chi connectivity index (χ4n) is 5.77. The van der Waals surface area contributed by atoms with Crippen molar-refractivity contribution in [1.82, 2.24) is 19.8 Å². The van der Waals surface area contributed by atoms with Gasteiger partial charge in [-0.2, -0.15) is 0 Å². The van der Waals surface area contributed by atoms with Gasteiger partial charge in [-0.15, -0.1) is 0 Å². The first-order valence-electron chi connectivity index (χ1n) is 11.3. The highest BCUT2D eigenvalue weighted by Crippen LogP contribution is 2.45. The molecule has 6 rings (SSSR count). The molecule has 1 atom stereocenters. The lowest BCUT2D eigenvalue weighted by Crippen LogP contribution is -2.50. The first-order valence-corrected chi connectivity index (χ1v) is 11.3. The number of likely N-dealkylation sites (tertiary alicyclic amines) is 1. The van der Waals surface area contributed by atoms with E-state index in [0.29, 0.717) is 19.0 Å². The maximum absolute atomic E-state index is 13.2. The highest BCUT2D eigenvalue weighted by Gasteiger charge is 2.46. The largest absolute Gasteiger partial charge is 0.341 e. The van der Waals surface area contributed by atoms with E-state index >= 15 is 0 Å². The zero-order valence-corrected chi connectivity index (χ0v) is 17.3. The van der Waals surface area contributed by atoms with E-state index in [1.54, 1.807) is 0 Å². The van der Waals surface area contributed by atoms with Crippen LogP contribution in [0, 0.1) is 0 Å². The van der Waals surface area contributed by atoms with Crippen molar-refractivity contribution in [3.8, 4) is 0 Å². The molecule has 3 heterocycles. The number of nitrogens with one attached hydrogen (secondary N) is 1. The number of nitrogens with zero attached hydrogens (tertiary/aromatic N) is 3. The van der Waals surface area contributed by atoms with Crippen LogP contribution in [0.2, 0.25) is 0 Å². The third-order valence-corrected chi connectivity index (χ3v) is 7.55. The van der Waals surface area contributed by atoms with Crippen LogP contribution in [0.3, 0.4) is 0 Å². The lowest BCUT2D eigenvalue weighted by Gasteiger charge is -2.41. The minimum atomic E-state index is -0.130. The normalized spacial score (nSPS) is 25.5. The Labute approximate surface area is 176 Å². The maximum Gasteiger partial charge on any atom is 0.254 e. The lowest BCUT2D eigenvalue weighted by atomic mass is 9.77. The molecule has 1 amide bonds. The van der Waals surface area contributed by atoms with Gasteiger partial charge in [-0.1, -0.05) is 24.3 Å². The Morgan fingerprint density at radius 3 is 2.67 bits per heavy atom. The van der Waals surface area contributed by atoms with E-state index in [-0.39, 0.29) is 16.9 Å². The number of fused-ring (bicyclic) bond motifs is 3. The average molecular weight is 405 g/mol. The number of H-pyrrole nitrogens is 1. The molecule has 1 saturated carbocycles. The second kappa shape index (κ2) is 6.77. The first-order chi connectivity index (χ1) is 14.6. The molecule has 2 aliphatic carbocycles. The minimum Gasteiger partial charge on any atom is -0.341 e. The summed E-state index contributed by atoms with van der Waals surface area (Å²) in [7, 11) is 0. The van der Waals surface area contributed by atoms with Crippen molar-refractivity contribution in [2.75, 3.05) is 19.6 Å². The third-order valence-electron chi connectivity index (χ3n) is 7.55. The number of aromatic nitrogens is 2. The van der Waals surface area contributed by atoms with Gasteiger partial charge >= 0.3 is 0 Å². The molecule has 2 fully saturated rings. The van der Waals surface area contributed by atoms with Gasteiger partial charge in [0.15, 0.2) is 0 Å². The van der Waals surface area contributed by atoms with Gasteiger partial charge in [-0.3, -0.25) is 14.5 Å². The van der Waals surface area contributed by atoms with Gasteiger partial charge in [-0.05, 0) is 49.7 Å². The maximum atomic E-state index is 13.2. The van der Waals surface area contributed by atoms with E-state index in [1.807, 2.05) is 4.90 Å². The minimum absolute atomic E-state index is 0.0528. The van der Waals surface area contributed by atoms with E-state index < -0.39 is 0 Å². The van der Waals surface area contributed by atoms with Gasteiger partial charge in [0.2, 0.25) is 5.91 Å². The van der Waals surface area contributed by atoms with Crippen LogP contribution in [-0.2, 0) is 29.7 Å². The monoisotopic (exact) mass is 404 g/mol. The van der Waals surface area contributed by atoms with Crippen LogP contribution in [0.15, 0.2) is 29.1 Å². The second-order valence-electron chi connectivity index (χ2n) is 9.67. The fourth-order valence-corrected chi connectivity index (χ4v) is 5.77. The quantitative estimate of drug-likeness (QED) is 0.853. The highest BCUT2D eigenvalue weighted by molar-refractivity contribution is 5.78. The van der Waals surface area contributed by atoms with E-state index in [1.165, 1.54) is 11.1 Å². The smallest absolute Gasteiger partial charge is 0.254 e. The number of aromatic amines is 1. The molecule has 0 bridgehead atoms. The van der Waals surface area contributed by atoms with Crippen LogP contribution in [0.5, 0.6) is 0 Å². The van der Waals surface area contributed by atoms with Crippen LogP contribution in [0.4, 0.5) is 0 Å². The van der Waals surface area contributed by atoms with Crippen molar-refractivity contribution < 1.29 is 4.79 Å². The molecule has 2 aliphatic heterocycles. The van der Waals surface area contributed by atoms with Gasteiger partial charge in [0.25, 0.3) is 5.56 Å². The molecular formula is C24H28N4O2. The van der Waals surface area contributed by atoms with Crippen molar-refractivity contribution >= 4 is 5.91 Å². The van der Waals surface area contributed by atoms with Crippen molar-refractivity contribution in [2.45, 2.75) is 62.9 Å². The Kier molecular flexibility index (Phi) is 4.13. The van der Waals surface area contributed by atoms with E-state index in [0.717, 1.165) is 75.2 Å². The summed E-state index contributed by atoms with van der Waals surface area (Å²) in [5.74, 6) is 1.51. The Balaban J connectivity index is 1.21. The number of carbonyl (C=O) groups excluding carboxylic acids is 1. The zero-order valence-electron chi connectivity index (χ0n) is 17.3. The van der Waals surface area contributed by atoms with E-state index in [9.17, 15) is 9.59 Å². The van der Waals surface area contributed by atoms with Crippen LogP contribution < -0.4 is 5.56 Å². The number of hydrogen-bond donors (Lipinski definition) is 1. The number of carbonyl (C=O) groups is 1. The predicted molar refractivity (Wildman–Crippen MR) is 113 cm³/mol. The summed E-state index contributed by atoms with van der Waals surface area (Å²) in [6, 6.07) is 8.46. The summed E-state index contributed by atoms with van der Waals surface area (Å²) in [5, 5.41) is 0. The van der Waals surface area contributed by atoms with Crippen molar-refractivity contribution in [1.29, 1.82) is 0 Å². The average Bonchev–Trinajstić information content (AvgIpc) is 3.44. The van der Waals surface area contributed by atoms with Gasteiger partial charge in [0.05, 0.1) is 12.2 Å². The zero-order chi connectivity index (χ0) is 20.3. The molecule has 1 aromatic carbocycles. The first kappa shape index (κ1) is 18.3. The van der Waals surface area contributed by atoms with Crippen molar-refractivity contribution in [2.24, 2.45) is 0 Å². The molecule has 1 aromatic heterocycles. The number of hydrogen-bond acceptors (Lipinski definition) is 4. The molecule has 1 N–H and O–H groups in total. The fraction of sp³-hybridized carbons (Fsp3) is 0.542. The Hall–Kier alpha value is -2.47. The molecule has 4 aliphatic rings. The van der Waals surface area contributed by atoms with Gasteiger partial charge in [0, 0.05) is 43.1 Å². The molecule has 30 heavy (non-hydrogen) atoms. The van der Waals surface area contributed by atoms with Crippen LogP contribution >= 0.6 is 0 Å². The van der Waals surface area contributed by atoms with Crippen molar-refractivity contribution in [3.63, 3.8) is 0 Å². The number of rotatable bonds is 3. The molecule has 156 valence electrons.